The zero-order valence-electron chi connectivity index (χ0n) is 12.6. The van der Waals surface area contributed by atoms with E-state index in [4.69, 9.17) is 0 Å². The number of hydrogen-bond acceptors (Lipinski definition) is 5. The Labute approximate surface area is 141 Å². The van der Waals surface area contributed by atoms with E-state index in [2.05, 4.69) is 15.4 Å². The van der Waals surface area contributed by atoms with Gasteiger partial charge in [0.1, 0.15) is 16.8 Å². The molecule has 2 N–H and O–H groups in total. The lowest BCUT2D eigenvalue weighted by molar-refractivity contribution is -0.140. The minimum absolute atomic E-state index is 0.0397. The minimum Gasteiger partial charge on any atom is -0.477 e. The summed E-state index contributed by atoms with van der Waals surface area (Å²) in [5.41, 5.74) is 2.70. The van der Waals surface area contributed by atoms with Gasteiger partial charge in [0.15, 0.2) is 0 Å². The molecule has 0 bridgehead atoms. The molecule has 8 heteroatoms. The fourth-order valence-corrected chi connectivity index (χ4v) is 4.37. The van der Waals surface area contributed by atoms with Crippen LogP contribution < -0.4 is 0 Å². The van der Waals surface area contributed by atoms with Crippen molar-refractivity contribution in [1.29, 1.82) is 0 Å². The number of fused-ring (bicyclic) bond motifs is 1. The molecule has 2 aliphatic rings. The third-order valence-corrected chi connectivity index (χ3v) is 5.39. The second kappa shape index (κ2) is 5.34. The molecule has 0 radical (unpaired) electrons. The maximum atomic E-state index is 12.6. The number of amides is 1. The topological polar surface area (TPSA) is 99.2 Å². The van der Waals surface area contributed by atoms with Crippen molar-refractivity contribution >= 4 is 34.1 Å². The summed E-state index contributed by atoms with van der Waals surface area (Å²) in [5.74, 6) is -1.40. The maximum Gasteiger partial charge on any atom is 0.353 e. The zero-order chi connectivity index (χ0) is 16.8. The number of carboxylic acid groups (broad SMARTS) is 1. The van der Waals surface area contributed by atoms with Gasteiger partial charge in [-0.05, 0) is 18.1 Å². The number of allylic oxidation sites excluding steroid dienone is 1. The second-order valence-corrected chi connectivity index (χ2v) is 6.48. The van der Waals surface area contributed by atoms with Crippen LogP contribution in [0.25, 0.3) is 10.5 Å². The molecular formula is C16H12N4O3S. The Bertz CT molecular complexity index is 903. The van der Waals surface area contributed by atoms with Gasteiger partial charge < -0.3 is 5.11 Å². The molecule has 1 atom stereocenters. The van der Waals surface area contributed by atoms with Crippen molar-refractivity contribution in [3.63, 3.8) is 0 Å². The number of benzene rings is 1. The van der Waals surface area contributed by atoms with E-state index in [0.29, 0.717) is 21.7 Å². The standard InChI is InChI=1S/C16H12N4O3S/c1-8(10-7-17-19-18-10)11-14(21)20-12(16(22)23)13(24-15(11)20)9-5-3-2-4-6-9/h2-7,15H,1H3,(H,22,23)(H,17,18,19)/t15-/m1/s1. The molecule has 1 fully saturated rings. The number of hydrogen-bond donors (Lipinski definition) is 2. The number of thioether (sulfide) groups is 1. The first-order valence-corrected chi connectivity index (χ1v) is 8.07. The summed E-state index contributed by atoms with van der Waals surface area (Å²) in [6.45, 7) is 1.80. The van der Waals surface area contributed by atoms with E-state index in [9.17, 15) is 14.7 Å². The normalized spacial score (nSPS) is 21.6. The molecule has 0 unspecified atom stereocenters. The Morgan fingerprint density at radius 1 is 1.33 bits per heavy atom. The fraction of sp³-hybridized carbons (Fsp3) is 0.125. The molecule has 2 aromatic rings. The monoisotopic (exact) mass is 340 g/mol. The molecule has 3 heterocycles. The van der Waals surface area contributed by atoms with Gasteiger partial charge in [-0.2, -0.15) is 15.4 Å². The summed E-state index contributed by atoms with van der Waals surface area (Å²) in [4.78, 5) is 26.2. The quantitative estimate of drug-likeness (QED) is 0.654. The SMILES string of the molecule is CC(=C1C(=O)N2C(C(=O)O)=C(c3ccccc3)S[C@H]12)c1cn[nH]n1. The van der Waals surface area contributed by atoms with Crippen LogP contribution in [-0.4, -0.2) is 42.7 Å². The van der Waals surface area contributed by atoms with Gasteiger partial charge >= 0.3 is 5.97 Å². The smallest absolute Gasteiger partial charge is 0.353 e. The number of rotatable bonds is 3. The Balaban J connectivity index is 1.78. The largest absolute Gasteiger partial charge is 0.477 e. The van der Waals surface area contributed by atoms with Gasteiger partial charge in [0.2, 0.25) is 0 Å². The number of aromatic nitrogens is 3. The maximum absolute atomic E-state index is 12.6. The summed E-state index contributed by atoms with van der Waals surface area (Å²) in [6.07, 6.45) is 1.54. The number of nitrogens with zero attached hydrogens (tertiary/aromatic N) is 3. The molecule has 7 nitrogen and oxygen atoms in total. The lowest BCUT2D eigenvalue weighted by Gasteiger charge is -2.38. The first kappa shape index (κ1) is 14.7. The number of carbonyl (C=O) groups excluding carboxylic acids is 1. The van der Waals surface area contributed by atoms with E-state index in [1.807, 2.05) is 30.3 Å². The molecule has 1 amide bonds. The molecule has 2 aliphatic heterocycles. The van der Waals surface area contributed by atoms with Crippen LogP contribution in [-0.2, 0) is 9.59 Å². The average molecular weight is 340 g/mol. The molecule has 120 valence electrons. The number of nitrogens with one attached hydrogen (secondary N) is 1. The minimum atomic E-state index is -1.10. The Morgan fingerprint density at radius 3 is 2.71 bits per heavy atom. The van der Waals surface area contributed by atoms with Crippen LogP contribution >= 0.6 is 11.8 Å². The number of aromatic amines is 1. The summed E-state index contributed by atoms with van der Waals surface area (Å²) in [7, 11) is 0. The van der Waals surface area contributed by atoms with Gasteiger partial charge in [-0.3, -0.25) is 9.69 Å². The number of aliphatic carboxylic acids is 1. The molecular weight excluding hydrogens is 328 g/mol. The predicted molar refractivity (Wildman–Crippen MR) is 88.2 cm³/mol. The molecule has 0 aliphatic carbocycles. The summed E-state index contributed by atoms with van der Waals surface area (Å²) in [5, 5.41) is 19.5. The van der Waals surface area contributed by atoms with E-state index in [-0.39, 0.29) is 17.0 Å². The summed E-state index contributed by atoms with van der Waals surface area (Å²) >= 11 is 1.38. The van der Waals surface area contributed by atoms with Gasteiger partial charge in [-0.25, -0.2) is 4.79 Å². The van der Waals surface area contributed by atoms with Crippen molar-refractivity contribution < 1.29 is 14.7 Å². The molecule has 1 aromatic carbocycles. The van der Waals surface area contributed by atoms with Crippen molar-refractivity contribution in [2.45, 2.75) is 12.3 Å². The average Bonchev–Trinajstić information content (AvgIpc) is 3.21. The first-order valence-electron chi connectivity index (χ1n) is 7.19. The van der Waals surface area contributed by atoms with Crippen molar-refractivity contribution in [2.24, 2.45) is 0 Å². The molecule has 1 aromatic heterocycles. The van der Waals surface area contributed by atoms with E-state index in [0.717, 1.165) is 5.56 Å². The Morgan fingerprint density at radius 2 is 2.08 bits per heavy atom. The van der Waals surface area contributed by atoms with Crippen molar-refractivity contribution in [3.05, 3.63) is 59.1 Å². The van der Waals surface area contributed by atoms with Crippen LogP contribution in [0.1, 0.15) is 18.2 Å². The van der Waals surface area contributed by atoms with Crippen LogP contribution in [0.2, 0.25) is 0 Å². The summed E-state index contributed by atoms with van der Waals surface area (Å²) in [6, 6.07) is 9.24. The van der Waals surface area contributed by atoms with Gasteiger partial charge in [-0.15, -0.1) is 0 Å². The highest BCUT2D eigenvalue weighted by Gasteiger charge is 2.53. The first-order chi connectivity index (χ1) is 11.6. The molecule has 4 rings (SSSR count). The van der Waals surface area contributed by atoms with Gasteiger partial charge in [0.05, 0.1) is 11.8 Å². The molecule has 1 saturated heterocycles. The molecule has 0 spiro atoms. The highest BCUT2D eigenvalue weighted by molar-refractivity contribution is 8.09. The Hall–Kier alpha value is -2.87. The zero-order valence-corrected chi connectivity index (χ0v) is 13.4. The van der Waals surface area contributed by atoms with E-state index >= 15 is 0 Å². The summed E-state index contributed by atoms with van der Waals surface area (Å²) < 4.78 is 0. The van der Waals surface area contributed by atoms with Crippen LogP contribution in [0.5, 0.6) is 0 Å². The number of β-lactam (4-membered cyclic amide) rings is 1. The lowest BCUT2D eigenvalue weighted by atomic mass is 9.97. The van der Waals surface area contributed by atoms with Gasteiger partial charge in [0.25, 0.3) is 5.91 Å². The van der Waals surface area contributed by atoms with Gasteiger partial charge in [0, 0.05) is 4.91 Å². The third kappa shape index (κ3) is 2.00. The molecule has 0 saturated carbocycles. The predicted octanol–water partition coefficient (Wildman–Crippen LogP) is 1.95. The number of H-pyrrole nitrogens is 1. The Kier molecular flexibility index (Phi) is 3.27. The van der Waals surface area contributed by atoms with E-state index < -0.39 is 5.97 Å². The number of carboxylic acids is 1. The van der Waals surface area contributed by atoms with Crippen molar-refractivity contribution in [2.75, 3.05) is 0 Å². The molecule has 24 heavy (non-hydrogen) atoms. The third-order valence-electron chi connectivity index (χ3n) is 4.06. The highest BCUT2D eigenvalue weighted by atomic mass is 32.2. The van der Waals surface area contributed by atoms with Crippen LogP contribution in [0.15, 0.2) is 47.8 Å². The van der Waals surface area contributed by atoms with E-state index in [1.165, 1.54) is 16.7 Å². The van der Waals surface area contributed by atoms with Gasteiger partial charge in [-0.1, -0.05) is 42.1 Å². The second-order valence-electron chi connectivity index (χ2n) is 5.39. The highest BCUT2D eigenvalue weighted by Crippen LogP contribution is 2.54. The van der Waals surface area contributed by atoms with Crippen LogP contribution in [0.4, 0.5) is 0 Å². The van der Waals surface area contributed by atoms with Crippen molar-refractivity contribution in [3.8, 4) is 0 Å². The lowest BCUT2D eigenvalue weighted by Crippen LogP contribution is -2.51. The van der Waals surface area contributed by atoms with Crippen LogP contribution in [0, 0.1) is 0 Å². The fourth-order valence-electron chi connectivity index (χ4n) is 2.87. The van der Waals surface area contributed by atoms with Crippen LogP contribution in [0.3, 0.4) is 0 Å². The van der Waals surface area contributed by atoms with E-state index in [1.54, 1.807) is 13.1 Å². The number of carbonyl (C=O) groups is 2. The van der Waals surface area contributed by atoms with Crippen molar-refractivity contribution in [1.82, 2.24) is 20.3 Å².